The third-order valence-corrected chi connectivity index (χ3v) is 5.71. The number of urea groups is 1. The molecule has 1 aromatic rings. The van der Waals surface area contributed by atoms with Crippen molar-refractivity contribution < 1.29 is 23.9 Å². The molecule has 9 nitrogen and oxygen atoms in total. The van der Waals surface area contributed by atoms with Crippen molar-refractivity contribution in [2.24, 2.45) is 5.92 Å². The molecule has 0 unspecified atom stereocenters. The quantitative estimate of drug-likeness (QED) is 0.700. The minimum Gasteiger partial charge on any atom is -0.493 e. The maximum absolute atomic E-state index is 12.8. The topological polar surface area (TPSA) is 100 Å². The van der Waals surface area contributed by atoms with Gasteiger partial charge < -0.3 is 19.7 Å². The Kier molecular flexibility index (Phi) is 5.86. The van der Waals surface area contributed by atoms with Crippen LogP contribution in [-0.4, -0.2) is 56.2 Å². The summed E-state index contributed by atoms with van der Waals surface area (Å²) >= 11 is 0. The minimum absolute atomic E-state index is 0.0451. The fraction of sp³-hybridized carbons (Fsp3) is 0.550. The molecule has 0 aromatic heterocycles. The molecular weight excluding hydrogens is 376 g/mol. The normalized spacial score (nSPS) is 23.7. The van der Waals surface area contributed by atoms with E-state index in [1.54, 1.807) is 37.3 Å². The zero-order valence-corrected chi connectivity index (χ0v) is 17.3. The van der Waals surface area contributed by atoms with Gasteiger partial charge in [-0.25, -0.2) is 4.79 Å². The molecule has 4 amide bonds. The number of hydrogen-bond acceptors (Lipinski definition) is 6. The van der Waals surface area contributed by atoms with E-state index >= 15 is 0 Å². The standard InChI is InChI=1S/C20H28N4O5/c1-13-7-9-20(10-8-13)18(26)24(19(27)21-20)22-17(25)12-23(2)14-5-6-15(28-3)16(11-14)29-4/h5-6,11,13H,7-10,12H2,1-4H3,(H,21,27)(H,22,25). The molecule has 3 rings (SSSR count). The number of imide groups is 1. The van der Waals surface area contributed by atoms with Gasteiger partial charge in [0, 0.05) is 18.8 Å². The van der Waals surface area contributed by atoms with Crippen molar-refractivity contribution >= 4 is 23.5 Å². The number of anilines is 1. The van der Waals surface area contributed by atoms with Crippen molar-refractivity contribution in [3.05, 3.63) is 18.2 Å². The van der Waals surface area contributed by atoms with Crippen molar-refractivity contribution in [2.75, 3.05) is 32.7 Å². The van der Waals surface area contributed by atoms with Gasteiger partial charge >= 0.3 is 6.03 Å². The molecule has 1 spiro atoms. The van der Waals surface area contributed by atoms with Gasteiger partial charge in [-0.1, -0.05) is 6.92 Å². The van der Waals surface area contributed by atoms with Crippen LogP contribution in [-0.2, 0) is 9.59 Å². The maximum atomic E-state index is 12.8. The van der Waals surface area contributed by atoms with Gasteiger partial charge in [0.05, 0.1) is 20.8 Å². The van der Waals surface area contributed by atoms with Gasteiger partial charge in [-0.05, 0) is 43.7 Å². The average Bonchev–Trinajstić information content (AvgIpc) is 2.93. The third kappa shape index (κ3) is 4.08. The summed E-state index contributed by atoms with van der Waals surface area (Å²) in [4.78, 5) is 39.3. The van der Waals surface area contributed by atoms with Gasteiger partial charge in [0.15, 0.2) is 11.5 Å². The van der Waals surface area contributed by atoms with Crippen LogP contribution < -0.4 is 25.1 Å². The summed E-state index contributed by atoms with van der Waals surface area (Å²) in [5.41, 5.74) is 2.29. The summed E-state index contributed by atoms with van der Waals surface area (Å²) in [5.74, 6) is 0.813. The summed E-state index contributed by atoms with van der Waals surface area (Å²) < 4.78 is 10.5. The second-order valence-corrected chi connectivity index (χ2v) is 7.77. The van der Waals surface area contributed by atoms with E-state index in [-0.39, 0.29) is 12.5 Å². The van der Waals surface area contributed by atoms with Gasteiger partial charge in [0.25, 0.3) is 11.8 Å². The van der Waals surface area contributed by atoms with Crippen LogP contribution >= 0.6 is 0 Å². The van der Waals surface area contributed by atoms with Crippen LogP contribution in [0.5, 0.6) is 11.5 Å². The van der Waals surface area contributed by atoms with Gasteiger partial charge in [0.1, 0.15) is 5.54 Å². The summed E-state index contributed by atoms with van der Waals surface area (Å²) in [7, 11) is 4.82. The highest BCUT2D eigenvalue weighted by atomic mass is 16.5. The summed E-state index contributed by atoms with van der Waals surface area (Å²) in [6.07, 6.45) is 2.93. The molecule has 0 radical (unpaired) electrons. The molecule has 0 bridgehead atoms. The van der Waals surface area contributed by atoms with Crippen LogP contribution in [0.1, 0.15) is 32.6 Å². The smallest absolute Gasteiger partial charge is 0.344 e. The lowest BCUT2D eigenvalue weighted by Crippen LogP contribution is -2.52. The molecule has 0 atom stereocenters. The molecule has 1 aliphatic carbocycles. The molecule has 9 heteroatoms. The first-order chi connectivity index (χ1) is 13.8. The first-order valence-corrected chi connectivity index (χ1v) is 9.69. The first-order valence-electron chi connectivity index (χ1n) is 9.69. The van der Waals surface area contributed by atoms with E-state index in [1.807, 2.05) is 0 Å². The molecule has 29 heavy (non-hydrogen) atoms. The van der Waals surface area contributed by atoms with Crippen molar-refractivity contribution in [3.63, 3.8) is 0 Å². The van der Waals surface area contributed by atoms with Gasteiger partial charge in [-0.15, -0.1) is 0 Å². The predicted octanol–water partition coefficient (Wildman–Crippen LogP) is 1.67. The Hall–Kier alpha value is -2.97. The number of nitrogens with zero attached hydrogens (tertiary/aromatic N) is 2. The van der Waals surface area contributed by atoms with Gasteiger partial charge in [0.2, 0.25) is 0 Å². The van der Waals surface area contributed by atoms with E-state index in [4.69, 9.17) is 9.47 Å². The molecule has 1 aliphatic heterocycles. The van der Waals surface area contributed by atoms with Gasteiger partial charge in [-0.3, -0.25) is 15.0 Å². The molecule has 1 saturated carbocycles. The summed E-state index contributed by atoms with van der Waals surface area (Å²) in [5, 5.41) is 3.61. The van der Waals surface area contributed by atoms with E-state index in [2.05, 4.69) is 17.7 Å². The molecule has 1 heterocycles. The Bertz CT molecular complexity index is 804. The largest absolute Gasteiger partial charge is 0.493 e. The lowest BCUT2D eigenvalue weighted by Gasteiger charge is -2.33. The van der Waals surface area contributed by atoms with Crippen LogP contribution in [0.2, 0.25) is 0 Å². The number of likely N-dealkylation sites (N-methyl/N-ethyl adjacent to an activating group) is 1. The number of benzene rings is 1. The van der Waals surface area contributed by atoms with Crippen LogP contribution in [0.25, 0.3) is 0 Å². The Balaban J connectivity index is 1.63. The van der Waals surface area contributed by atoms with Crippen molar-refractivity contribution in [1.82, 2.24) is 15.8 Å². The third-order valence-electron chi connectivity index (χ3n) is 5.71. The number of hydrogen-bond donors (Lipinski definition) is 2. The van der Waals surface area contributed by atoms with E-state index in [1.165, 1.54) is 7.11 Å². The highest BCUT2D eigenvalue weighted by Crippen LogP contribution is 2.36. The fourth-order valence-electron chi connectivity index (χ4n) is 3.84. The number of methoxy groups -OCH3 is 2. The first kappa shape index (κ1) is 20.8. The minimum atomic E-state index is -0.883. The van der Waals surface area contributed by atoms with E-state index in [0.717, 1.165) is 23.5 Å². The summed E-state index contributed by atoms with van der Waals surface area (Å²) in [6.45, 7) is 2.09. The lowest BCUT2D eigenvalue weighted by atomic mass is 9.77. The number of rotatable bonds is 6. The van der Waals surface area contributed by atoms with Crippen molar-refractivity contribution in [3.8, 4) is 11.5 Å². The second kappa shape index (κ2) is 8.18. The number of carbonyl (C=O) groups excluding carboxylic acids is 3. The highest BCUT2D eigenvalue weighted by molar-refractivity contribution is 6.08. The average molecular weight is 404 g/mol. The zero-order chi connectivity index (χ0) is 21.2. The molecule has 2 N–H and O–H groups in total. The maximum Gasteiger partial charge on any atom is 0.344 e. The molecule has 2 fully saturated rings. The Morgan fingerprint density at radius 2 is 1.90 bits per heavy atom. The lowest BCUT2D eigenvalue weighted by molar-refractivity contribution is -0.139. The van der Waals surface area contributed by atoms with Gasteiger partial charge in [-0.2, -0.15) is 5.01 Å². The van der Waals surface area contributed by atoms with Crippen LogP contribution in [0.3, 0.4) is 0 Å². The highest BCUT2D eigenvalue weighted by Gasteiger charge is 2.52. The fourth-order valence-corrected chi connectivity index (χ4v) is 3.84. The van der Waals surface area contributed by atoms with Crippen LogP contribution in [0, 0.1) is 5.92 Å². The summed E-state index contributed by atoms with van der Waals surface area (Å²) in [6, 6.07) is 4.71. The van der Waals surface area contributed by atoms with E-state index in [9.17, 15) is 14.4 Å². The van der Waals surface area contributed by atoms with E-state index < -0.39 is 17.5 Å². The molecule has 1 saturated heterocycles. The molecule has 158 valence electrons. The van der Waals surface area contributed by atoms with Crippen molar-refractivity contribution in [2.45, 2.75) is 38.1 Å². The predicted molar refractivity (Wildman–Crippen MR) is 107 cm³/mol. The zero-order valence-electron chi connectivity index (χ0n) is 17.3. The number of ether oxygens (including phenoxy) is 2. The number of carbonyl (C=O) groups is 3. The Morgan fingerprint density at radius 3 is 2.52 bits per heavy atom. The molecule has 1 aromatic carbocycles. The van der Waals surface area contributed by atoms with Crippen molar-refractivity contribution in [1.29, 1.82) is 0 Å². The Labute approximate surface area is 170 Å². The monoisotopic (exact) mass is 404 g/mol. The molecule has 2 aliphatic rings. The SMILES string of the molecule is COc1ccc(N(C)CC(=O)NN2C(=O)NC3(CCC(C)CC3)C2=O)cc1OC. The van der Waals surface area contributed by atoms with Crippen LogP contribution in [0.4, 0.5) is 10.5 Å². The van der Waals surface area contributed by atoms with Crippen LogP contribution in [0.15, 0.2) is 18.2 Å². The van der Waals surface area contributed by atoms with E-state index in [0.29, 0.717) is 30.3 Å². The number of amides is 4. The number of nitrogens with one attached hydrogen (secondary N) is 2. The number of hydrazine groups is 1. The second-order valence-electron chi connectivity index (χ2n) is 7.77. The Morgan fingerprint density at radius 1 is 1.24 bits per heavy atom. The molecular formula is C20H28N4O5.